The van der Waals surface area contributed by atoms with Crippen molar-refractivity contribution in [1.29, 1.82) is 0 Å². The number of sulfonamides is 1. The van der Waals surface area contributed by atoms with Gasteiger partial charge in [0.1, 0.15) is 5.82 Å². The summed E-state index contributed by atoms with van der Waals surface area (Å²) in [5, 5.41) is 1.87. The summed E-state index contributed by atoms with van der Waals surface area (Å²) in [4.78, 5) is 4.48. The van der Waals surface area contributed by atoms with Gasteiger partial charge in [-0.1, -0.05) is 54.6 Å². The van der Waals surface area contributed by atoms with Crippen LogP contribution >= 0.6 is 0 Å². The summed E-state index contributed by atoms with van der Waals surface area (Å²) in [6.07, 6.45) is 1.58. The Morgan fingerprint density at radius 2 is 1.38 bits per heavy atom. The van der Waals surface area contributed by atoms with Crippen LogP contribution in [0.1, 0.15) is 0 Å². The van der Waals surface area contributed by atoms with Gasteiger partial charge < -0.3 is 0 Å². The lowest BCUT2D eigenvalue weighted by atomic mass is 10.1. The van der Waals surface area contributed by atoms with E-state index in [1.165, 1.54) is 4.31 Å². The minimum atomic E-state index is -3.83. The van der Waals surface area contributed by atoms with E-state index in [1.807, 2.05) is 36.4 Å². The van der Waals surface area contributed by atoms with Gasteiger partial charge in [-0.3, -0.25) is 0 Å². The molecule has 26 heavy (non-hydrogen) atoms. The van der Waals surface area contributed by atoms with E-state index in [-0.39, 0.29) is 4.90 Å². The van der Waals surface area contributed by atoms with Gasteiger partial charge in [-0.15, -0.1) is 0 Å². The number of fused-ring (bicyclic) bond motifs is 1. The summed E-state index contributed by atoms with van der Waals surface area (Å²) in [5.74, 6) is 0.354. The number of hydrogen-bond acceptors (Lipinski definition) is 3. The van der Waals surface area contributed by atoms with Gasteiger partial charge in [-0.2, -0.15) is 0 Å². The van der Waals surface area contributed by atoms with Crippen LogP contribution in [0, 0.1) is 0 Å². The third-order valence-corrected chi connectivity index (χ3v) is 5.84. The molecule has 1 aromatic heterocycles. The Kier molecular flexibility index (Phi) is 4.14. The first-order valence-corrected chi connectivity index (χ1v) is 9.60. The van der Waals surface area contributed by atoms with Crippen molar-refractivity contribution in [3.8, 4) is 0 Å². The van der Waals surface area contributed by atoms with E-state index in [1.54, 1.807) is 60.8 Å². The number of nitrogens with zero attached hydrogens (tertiary/aromatic N) is 2. The Balaban J connectivity index is 1.91. The van der Waals surface area contributed by atoms with Crippen molar-refractivity contribution >= 4 is 32.3 Å². The van der Waals surface area contributed by atoms with Crippen molar-refractivity contribution < 1.29 is 8.42 Å². The highest BCUT2D eigenvalue weighted by molar-refractivity contribution is 7.93. The molecule has 0 bridgehead atoms. The van der Waals surface area contributed by atoms with Crippen LogP contribution < -0.4 is 4.31 Å². The SMILES string of the molecule is O=S(=O)(c1ccc2ccccc2c1)N(c1ccccc1)c1ccccn1. The minimum absolute atomic E-state index is 0.228. The fraction of sp³-hybridized carbons (Fsp3) is 0. The summed E-state index contributed by atoms with van der Waals surface area (Å²) in [6, 6.07) is 27.0. The van der Waals surface area contributed by atoms with Crippen molar-refractivity contribution in [2.75, 3.05) is 4.31 Å². The minimum Gasteiger partial charge on any atom is -0.238 e. The predicted octanol–water partition coefficient (Wildman–Crippen LogP) is 4.76. The van der Waals surface area contributed by atoms with Crippen LogP contribution in [0.5, 0.6) is 0 Å². The first-order chi connectivity index (χ1) is 12.7. The molecule has 5 heteroatoms. The maximum absolute atomic E-state index is 13.5. The lowest BCUT2D eigenvalue weighted by Gasteiger charge is -2.23. The topological polar surface area (TPSA) is 50.3 Å². The van der Waals surface area contributed by atoms with Gasteiger partial charge in [0.2, 0.25) is 0 Å². The molecule has 0 saturated heterocycles. The second kappa shape index (κ2) is 6.61. The molecule has 0 fully saturated rings. The smallest absolute Gasteiger partial charge is 0.238 e. The molecule has 0 spiro atoms. The zero-order chi connectivity index (χ0) is 18.0. The fourth-order valence-electron chi connectivity index (χ4n) is 2.86. The summed E-state index contributed by atoms with van der Waals surface area (Å²) < 4.78 is 28.2. The van der Waals surface area contributed by atoms with Gasteiger partial charge in [0.05, 0.1) is 10.6 Å². The second-order valence-corrected chi connectivity index (χ2v) is 7.59. The number of para-hydroxylation sites is 1. The third kappa shape index (κ3) is 2.93. The van der Waals surface area contributed by atoms with Gasteiger partial charge in [-0.05, 0) is 47.2 Å². The Morgan fingerprint density at radius 3 is 2.12 bits per heavy atom. The Labute approximate surface area is 152 Å². The van der Waals surface area contributed by atoms with E-state index in [0.717, 1.165) is 10.8 Å². The average molecular weight is 360 g/mol. The molecule has 3 aromatic carbocycles. The molecule has 0 radical (unpaired) electrons. The molecular formula is C21H16N2O2S. The van der Waals surface area contributed by atoms with Crippen LogP contribution in [0.3, 0.4) is 0 Å². The summed E-state index contributed by atoms with van der Waals surface area (Å²) in [7, 11) is -3.83. The Hall–Kier alpha value is -3.18. The van der Waals surface area contributed by atoms with Crippen LogP contribution in [0.15, 0.2) is 102 Å². The molecule has 0 aliphatic rings. The fourth-order valence-corrected chi connectivity index (χ4v) is 4.34. The molecule has 0 aliphatic carbocycles. The maximum Gasteiger partial charge on any atom is 0.269 e. The molecule has 128 valence electrons. The van der Waals surface area contributed by atoms with Gasteiger partial charge in [0.15, 0.2) is 0 Å². The Morgan fingerprint density at radius 1 is 0.692 bits per heavy atom. The van der Waals surface area contributed by atoms with Gasteiger partial charge in [-0.25, -0.2) is 17.7 Å². The zero-order valence-electron chi connectivity index (χ0n) is 13.9. The van der Waals surface area contributed by atoms with Crippen LogP contribution in [-0.2, 0) is 10.0 Å². The zero-order valence-corrected chi connectivity index (χ0v) is 14.7. The predicted molar refractivity (Wildman–Crippen MR) is 104 cm³/mol. The molecule has 0 amide bonds. The van der Waals surface area contributed by atoms with Crippen molar-refractivity contribution in [3.63, 3.8) is 0 Å². The normalized spacial score (nSPS) is 11.4. The number of benzene rings is 3. The number of hydrogen-bond donors (Lipinski definition) is 0. The van der Waals surface area contributed by atoms with Crippen molar-refractivity contribution in [3.05, 3.63) is 97.2 Å². The third-order valence-electron chi connectivity index (χ3n) is 4.11. The molecule has 0 aliphatic heterocycles. The molecule has 4 aromatic rings. The number of pyridine rings is 1. The Bertz CT molecular complexity index is 1100. The van der Waals surface area contributed by atoms with Crippen LogP contribution in [-0.4, -0.2) is 13.4 Å². The number of rotatable bonds is 4. The first kappa shape index (κ1) is 16.3. The first-order valence-electron chi connectivity index (χ1n) is 8.16. The number of anilines is 2. The highest BCUT2D eigenvalue weighted by Gasteiger charge is 2.27. The van der Waals surface area contributed by atoms with Crippen molar-refractivity contribution in [2.45, 2.75) is 4.90 Å². The van der Waals surface area contributed by atoms with E-state index in [4.69, 9.17) is 0 Å². The molecule has 4 nitrogen and oxygen atoms in total. The highest BCUT2D eigenvalue weighted by Crippen LogP contribution is 2.31. The summed E-state index contributed by atoms with van der Waals surface area (Å²) >= 11 is 0. The molecule has 0 unspecified atom stereocenters. The molecule has 0 saturated carbocycles. The van der Waals surface area contributed by atoms with E-state index in [0.29, 0.717) is 11.5 Å². The van der Waals surface area contributed by atoms with Crippen molar-refractivity contribution in [1.82, 2.24) is 4.98 Å². The lowest BCUT2D eigenvalue weighted by Crippen LogP contribution is -2.27. The molecule has 4 rings (SSSR count). The monoisotopic (exact) mass is 360 g/mol. The van der Waals surface area contributed by atoms with Gasteiger partial charge in [0, 0.05) is 6.20 Å². The lowest BCUT2D eigenvalue weighted by molar-refractivity contribution is 0.596. The quantitative estimate of drug-likeness (QED) is 0.527. The standard InChI is InChI=1S/C21H16N2O2S/c24-26(25,20-14-13-17-8-4-5-9-18(17)16-20)23(19-10-2-1-3-11-19)21-12-6-7-15-22-21/h1-16H. The summed E-state index contributed by atoms with van der Waals surface area (Å²) in [6.45, 7) is 0. The number of aromatic nitrogens is 1. The van der Waals surface area contributed by atoms with E-state index in [2.05, 4.69) is 4.98 Å². The average Bonchev–Trinajstić information content (AvgIpc) is 2.69. The van der Waals surface area contributed by atoms with E-state index in [9.17, 15) is 8.42 Å². The molecule has 0 atom stereocenters. The van der Waals surface area contributed by atoms with E-state index < -0.39 is 10.0 Å². The van der Waals surface area contributed by atoms with Crippen LogP contribution in [0.25, 0.3) is 10.8 Å². The van der Waals surface area contributed by atoms with Gasteiger partial charge >= 0.3 is 0 Å². The van der Waals surface area contributed by atoms with Crippen LogP contribution in [0.2, 0.25) is 0 Å². The molecule has 1 heterocycles. The molecular weight excluding hydrogens is 344 g/mol. The second-order valence-electron chi connectivity index (χ2n) is 5.80. The van der Waals surface area contributed by atoms with Gasteiger partial charge in [0.25, 0.3) is 10.0 Å². The largest absolute Gasteiger partial charge is 0.269 e. The van der Waals surface area contributed by atoms with Crippen molar-refractivity contribution in [2.24, 2.45) is 0 Å². The molecule has 0 N–H and O–H groups in total. The highest BCUT2D eigenvalue weighted by atomic mass is 32.2. The summed E-state index contributed by atoms with van der Waals surface area (Å²) in [5.41, 5.74) is 0.541. The van der Waals surface area contributed by atoms with Crippen LogP contribution in [0.4, 0.5) is 11.5 Å². The van der Waals surface area contributed by atoms with E-state index >= 15 is 0 Å². The maximum atomic E-state index is 13.5.